The highest BCUT2D eigenvalue weighted by molar-refractivity contribution is 5.70. The van der Waals surface area contributed by atoms with Crippen molar-refractivity contribution in [1.82, 2.24) is 0 Å². The molecule has 1 saturated carbocycles. The molecule has 0 aliphatic heterocycles. The Balaban J connectivity index is 2.83. The van der Waals surface area contributed by atoms with Gasteiger partial charge in [0.15, 0.2) is 0 Å². The Hall–Kier alpha value is -0.610. The van der Waals surface area contributed by atoms with Crippen LogP contribution in [0.15, 0.2) is 0 Å². The molecule has 0 amide bonds. The molecule has 1 rings (SSSR count). The van der Waals surface area contributed by atoms with Crippen LogP contribution in [-0.4, -0.2) is 34.5 Å². The van der Waals surface area contributed by atoms with E-state index in [0.717, 1.165) is 32.1 Å². The van der Waals surface area contributed by atoms with Crippen molar-refractivity contribution in [2.24, 2.45) is 23.7 Å². The summed E-state index contributed by atoms with van der Waals surface area (Å²) in [6.45, 7) is 2.13. The molecule has 0 aromatic carbocycles. The van der Waals surface area contributed by atoms with Crippen LogP contribution in [0.4, 0.5) is 0 Å². The topological polar surface area (TPSA) is 77.8 Å². The molecule has 0 heterocycles. The highest BCUT2D eigenvalue weighted by Gasteiger charge is 2.40. The van der Waals surface area contributed by atoms with Crippen molar-refractivity contribution in [3.8, 4) is 0 Å². The molecule has 1 aliphatic carbocycles. The van der Waals surface area contributed by atoms with Gasteiger partial charge in [-0.3, -0.25) is 4.79 Å². The van der Waals surface area contributed by atoms with Gasteiger partial charge >= 0.3 is 5.97 Å². The van der Waals surface area contributed by atoms with Gasteiger partial charge in [-0.05, 0) is 37.0 Å². The number of carboxylic acid groups (broad SMARTS) is 1. The summed E-state index contributed by atoms with van der Waals surface area (Å²) in [5, 5.41) is 28.3. The van der Waals surface area contributed by atoms with Crippen LogP contribution in [0.1, 0.15) is 45.4 Å². The average molecular weight is 258 g/mol. The fraction of sp³-hybridized carbons (Fsp3) is 0.929. The van der Waals surface area contributed by atoms with Gasteiger partial charge in [-0.2, -0.15) is 0 Å². The van der Waals surface area contributed by atoms with E-state index in [1.807, 2.05) is 6.92 Å². The quantitative estimate of drug-likeness (QED) is 0.651. The first-order chi connectivity index (χ1) is 8.65. The molecular weight excluding hydrogens is 232 g/mol. The number of aliphatic hydroxyl groups is 2. The van der Waals surface area contributed by atoms with Gasteiger partial charge < -0.3 is 15.3 Å². The van der Waals surface area contributed by atoms with Crippen LogP contribution in [-0.2, 0) is 4.79 Å². The molecule has 1 fully saturated rings. The third-order valence-electron chi connectivity index (χ3n) is 4.36. The lowest BCUT2D eigenvalue weighted by molar-refractivity contribution is -0.147. The van der Waals surface area contributed by atoms with Gasteiger partial charge in [0.05, 0.1) is 5.92 Å². The Labute approximate surface area is 109 Å². The lowest BCUT2D eigenvalue weighted by atomic mass is 9.65. The maximum Gasteiger partial charge on any atom is 0.306 e. The normalized spacial score (nSPS) is 30.1. The molecule has 3 unspecified atom stereocenters. The van der Waals surface area contributed by atoms with Gasteiger partial charge in [0, 0.05) is 13.2 Å². The molecule has 0 aromatic rings. The largest absolute Gasteiger partial charge is 0.481 e. The van der Waals surface area contributed by atoms with E-state index in [1.54, 1.807) is 0 Å². The fourth-order valence-corrected chi connectivity index (χ4v) is 3.40. The molecule has 3 N–H and O–H groups in total. The zero-order valence-electron chi connectivity index (χ0n) is 11.2. The van der Waals surface area contributed by atoms with Crippen molar-refractivity contribution in [2.45, 2.75) is 45.4 Å². The number of aliphatic hydroxyl groups excluding tert-OH is 2. The van der Waals surface area contributed by atoms with E-state index in [9.17, 15) is 20.1 Å². The Morgan fingerprint density at radius 2 is 1.78 bits per heavy atom. The van der Waals surface area contributed by atoms with Crippen molar-refractivity contribution >= 4 is 5.97 Å². The lowest BCUT2D eigenvalue weighted by Crippen LogP contribution is -2.40. The van der Waals surface area contributed by atoms with Crippen LogP contribution in [0, 0.1) is 23.7 Å². The summed E-state index contributed by atoms with van der Waals surface area (Å²) in [6.07, 6.45) is 5.27. The van der Waals surface area contributed by atoms with Crippen LogP contribution in [0.25, 0.3) is 0 Å². The van der Waals surface area contributed by atoms with Gasteiger partial charge in [0.25, 0.3) is 0 Å². The number of unbranched alkanes of at least 4 members (excludes halogenated alkanes) is 1. The smallest absolute Gasteiger partial charge is 0.306 e. The summed E-state index contributed by atoms with van der Waals surface area (Å²) in [5.41, 5.74) is 0. The zero-order chi connectivity index (χ0) is 13.5. The molecule has 3 atom stereocenters. The predicted molar refractivity (Wildman–Crippen MR) is 69.1 cm³/mol. The number of hydrogen-bond donors (Lipinski definition) is 3. The van der Waals surface area contributed by atoms with Crippen LogP contribution in [0.2, 0.25) is 0 Å². The predicted octanol–water partition coefficient (Wildman–Crippen LogP) is 1.89. The molecular formula is C14H26O4. The molecule has 4 heteroatoms. The minimum atomic E-state index is -0.771. The second-order valence-electron chi connectivity index (χ2n) is 5.48. The van der Waals surface area contributed by atoms with E-state index in [0.29, 0.717) is 6.42 Å². The number of carboxylic acids is 1. The highest BCUT2D eigenvalue weighted by Crippen LogP contribution is 2.41. The van der Waals surface area contributed by atoms with Crippen LogP contribution >= 0.6 is 0 Å². The molecule has 106 valence electrons. The van der Waals surface area contributed by atoms with Crippen molar-refractivity contribution in [3.05, 3.63) is 0 Å². The molecule has 1 aliphatic rings. The Morgan fingerprint density at radius 3 is 2.17 bits per heavy atom. The van der Waals surface area contributed by atoms with E-state index in [-0.39, 0.29) is 31.0 Å². The second-order valence-corrected chi connectivity index (χ2v) is 5.48. The minimum Gasteiger partial charge on any atom is -0.481 e. The standard InChI is InChI=1S/C14H26O4/c1-2-3-7-12(14(17)18)13-10(8-15)5-4-6-11(13)9-16/h10-13,15-16H,2-9H2,1H3,(H,17,18). The molecule has 0 aromatic heterocycles. The Kier molecular flexibility index (Phi) is 6.65. The summed E-state index contributed by atoms with van der Waals surface area (Å²) in [4.78, 5) is 11.5. The van der Waals surface area contributed by atoms with E-state index in [2.05, 4.69) is 0 Å². The molecule has 0 spiro atoms. The minimum absolute atomic E-state index is 0.0360. The first-order valence-electron chi connectivity index (χ1n) is 7.10. The van der Waals surface area contributed by atoms with Crippen molar-refractivity contribution in [3.63, 3.8) is 0 Å². The summed E-state index contributed by atoms with van der Waals surface area (Å²) in [5.74, 6) is -1.19. The zero-order valence-corrected chi connectivity index (χ0v) is 11.2. The lowest BCUT2D eigenvalue weighted by Gasteiger charge is -2.40. The van der Waals surface area contributed by atoms with Gasteiger partial charge in [-0.15, -0.1) is 0 Å². The summed E-state index contributed by atoms with van der Waals surface area (Å²) < 4.78 is 0. The molecule has 0 bridgehead atoms. The number of aliphatic carboxylic acids is 1. The Morgan fingerprint density at radius 1 is 1.22 bits per heavy atom. The van der Waals surface area contributed by atoms with Crippen LogP contribution < -0.4 is 0 Å². The summed E-state index contributed by atoms with van der Waals surface area (Å²) in [7, 11) is 0. The number of rotatable bonds is 7. The van der Waals surface area contributed by atoms with E-state index in [1.165, 1.54) is 0 Å². The van der Waals surface area contributed by atoms with E-state index < -0.39 is 11.9 Å². The number of carbonyl (C=O) groups is 1. The summed E-state index contributed by atoms with van der Waals surface area (Å²) in [6, 6.07) is 0. The summed E-state index contributed by atoms with van der Waals surface area (Å²) >= 11 is 0. The van der Waals surface area contributed by atoms with E-state index >= 15 is 0 Å². The van der Waals surface area contributed by atoms with Gasteiger partial charge in [0.1, 0.15) is 0 Å². The molecule has 18 heavy (non-hydrogen) atoms. The van der Waals surface area contributed by atoms with Crippen molar-refractivity contribution in [1.29, 1.82) is 0 Å². The SMILES string of the molecule is CCCCC(C(=O)O)C1C(CO)CCCC1CO. The molecule has 0 radical (unpaired) electrons. The average Bonchev–Trinajstić information content (AvgIpc) is 2.38. The number of hydrogen-bond acceptors (Lipinski definition) is 3. The van der Waals surface area contributed by atoms with Gasteiger partial charge in [-0.1, -0.05) is 26.2 Å². The third-order valence-corrected chi connectivity index (χ3v) is 4.36. The van der Waals surface area contributed by atoms with Crippen molar-refractivity contribution in [2.75, 3.05) is 13.2 Å². The maximum absolute atomic E-state index is 11.5. The van der Waals surface area contributed by atoms with Crippen LogP contribution in [0.5, 0.6) is 0 Å². The molecule has 4 nitrogen and oxygen atoms in total. The van der Waals surface area contributed by atoms with Gasteiger partial charge in [0.2, 0.25) is 0 Å². The Bertz CT molecular complexity index is 242. The monoisotopic (exact) mass is 258 g/mol. The maximum atomic E-state index is 11.5. The third kappa shape index (κ3) is 3.69. The van der Waals surface area contributed by atoms with Crippen molar-refractivity contribution < 1.29 is 20.1 Å². The second kappa shape index (κ2) is 7.74. The first kappa shape index (κ1) is 15.4. The first-order valence-corrected chi connectivity index (χ1v) is 7.10. The highest BCUT2D eigenvalue weighted by atomic mass is 16.4. The van der Waals surface area contributed by atoms with Gasteiger partial charge in [-0.25, -0.2) is 0 Å². The fourth-order valence-electron chi connectivity index (χ4n) is 3.40. The van der Waals surface area contributed by atoms with E-state index in [4.69, 9.17) is 0 Å². The van der Waals surface area contributed by atoms with Crippen LogP contribution in [0.3, 0.4) is 0 Å². The molecule has 0 saturated heterocycles.